The summed E-state index contributed by atoms with van der Waals surface area (Å²) < 4.78 is 0. The van der Waals surface area contributed by atoms with Crippen molar-refractivity contribution >= 4 is 5.96 Å². The third kappa shape index (κ3) is 6.03. The molecule has 1 aliphatic rings. The summed E-state index contributed by atoms with van der Waals surface area (Å²) in [6.07, 6.45) is 0. The van der Waals surface area contributed by atoms with Gasteiger partial charge in [0.25, 0.3) is 0 Å². The largest absolute Gasteiger partial charge is 0.370 e. The lowest BCUT2D eigenvalue weighted by molar-refractivity contribution is 0.130. The third-order valence-corrected chi connectivity index (χ3v) is 3.85. The third-order valence-electron chi connectivity index (χ3n) is 3.85. The average molecular weight is 303 g/mol. The fourth-order valence-corrected chi connectivity index (χ4v) is 2.67. The molecule has 0 aliphatic carbocycles. The van der Waals surface area contributed by atoms with E-state index >= 15 is 0 Å². The molecule has 0 radical (unpaired) electrons. The minimum absolute atomic E-state index is 0.338. The van der Waals surface area contributed by atoms with Crippen molar-refractivity contribution in [3.05, 3.63) is 35.9 Å². The Morgan fingerprint density at radius 3 is 2.41 bits per heavy atom. The molecule has 1 saturated heterocycles. The number of guanidine groups is 1. The van der Waals surface area contributed by atoms with Crippen LogP contribution < -0.4 is 11.1 Å². The smallest absolute Gasteiger partial charge is 0.188 e. The van der Waals surface area contributed by atoms with Gasteiger partial charge in [-0.3, -0.25) is 14.8 Å². The molecule has 122 valence electrons. The van der Waals surface area contributed by atoms with Crippen molar-refractivity contribution < 1.29 is 0 Å². The lowest BCUT2D eigenvalue weighted by Gasteiger charge is -2.34. The van der Waals surface area contributed by atoms with E-state index in [1.54, 1.807) is 0 Å². The van der Waals surface area contributed by atoms with Crippen LogP contribution in [-0.2, 0) is 6.54 Å². The van der Waals surface area contributed by atoms with Gasteiger partial charge in [0.2, 0.25) is 0 Å². The molecule has 1 aromatic carbocycles. The Kier molecular flexibility index (Phi) is 6.68. The van der Waals surface area contributed by atoms with Crippen LogP contribution in [0.3, 0.4) is 0 Å². The summed E-state index contributed by atoms with van der Waals surface area (Å²) in [5.41, 5.74) is 7.21. The van der Waals surface area contributed by atoms with Crippen LogP contribution in [-0.4, -0.2) is 61.1 Å². The summed E-state index contributed by atoms with van der Waals surface area (Å²) in [6.45, 7) is 11.4. The molecule has 0 spiro atoms. The number of aliphatic imine (C=N–C) groups is 1. The molecule has 0 unspecified atom stereocenters. The maximum Gasteiger partial charge on any atom is 0.188 e. The van der Waals surface area contributed by atoms with Crippen molar-refractivity contribution in [1.29, 1.82) is 0 Å². The molecule has 5 heteroatoms. The highest BCUT2D eigenvalue weighted by Gasteiger charge is 2.16. The minimum Gasteiger partial charge on any atom is -0.370 e. The van der Waals surface area contributed by atoms with Crippen LogP contribution in [0, 0.1) is 0 Å². The Morgan fingerprint density at radius 2 is 1.77 bits per heavy atom. The normalized spacial score (nSPS) is 17.9. The van der Waals surface area contributed by atoms with Gasteiger partial charge in [-0.05, 0) is 19.4 Å². The lowest BCUT2D eigenvalue weighted by atomic mass is 10.2. The van der Waals surface area contributed by atoms with E-state index in [0.717, 1.165) is 45.8 Å². The lowest BCUT2D eigenvalue weighted by Crippen LogP contribution is -2.46. The second-order valence-corrected chi connectivity index (χ2v) is 6.17. The van der Waals surface area contributed by atoms with Gasteiger partial charge in [-0.15, -0.1) is 0 Å². The molecule has 2 rings (SSSR count). The molecule has 5 nitrogen and oxygen atoms in total. The van der Waals surface area contributed by atoms with Gasteiger partial charge in [-0.1, -0.05) is 30.3 Å². The number of hydrogen-bond donors (Lipinski definition) is 2. The monoisotopic (exact) mass is 303 g/mol. The van der Waals surface area contributed by atoms with E-state index in [1.165, 1.54) is 5.56 Å². The zero-order chi connectivity index (χ0) is 15.8. The molecule has 1 aromatic rings. The highest BCUT2D eigenvalue weighted by molar-refractivity contribution is 5.78. The highest BCUT2D eigenvalue weighted by Crippen LogP contribution is 2.08. The number of benzene rings is 1. The van der Waals surface area contributed by atoms with E-state index in [0.29, 0.717) is 12.0 Å². The van der Waals surface area contributed by atoms with Crippen LogP contribution in [0.1, 0.15) is 19.4 Å². The van der Waals surface area contributed by atoms with Gasteiger partial charge in [0.15, 0.2) is 5.96 Å². The number of nitrogens with zero attached hydrogens (tertiary/aromatic N) is 3. The van der Waals surface area contributed by atoms with E-state index in [-0.39, 0.29) is 0 Å². The van der Waals surface area contributed by atoms with Crippen LogP contribution in [0.4, 0.5) is 0 Å². The van der Waals surface area contributed by atoms with Gasteiger partial charge in [0, 0.05) is 45.3 Å². The van der Waals surface area contributed by atoms with Crippen molar-refractivity contribution in [2.45, 2.75) is 26.4 Å². The van der Waals surface area contributed by atoms with Crippen molar-refractivity contribution in [3.63, 3.8) is 0 Å². The predicted molar refractivity (Wildman–Crippen MR) is 92.9 cm³/mol. The molecule has 0 bridgehead atoms. The molecule has 3 N–H and O–H groups in total. The quantitative estimate of drug-likeness (QED) is 0.611. The standard InChI is InChI=1S/C17H29N5/c1-15(2)20-17(18)19-8-9-21-10-12-22(13-11-21)14-16-6-4-3-5-7-16/h3-7,15H,8-14H2,1-2H3,(H3,18,19,20). The van der Waals surface area contributed by atoms with Crippen LogP contribution in [0.2, 0.25) is 0 Å². The second-order valence-electron chi connectivity index (χ2n) is 6.17. The summed E-state index contributed by atoms with van der Waals surface area (Å²) >= 11 is 0. The Balaban J connectivity index is 1.65. The zero-order valence-electron chi connectivity index (χ0n) is 13.8. The van der Waals surface area contributed by atoms with Crippen molar-refractivity contribution in [3.8, 4) is 0 Å². The molecule has 0 atom stereocenters. The maximum atomic E-state index is 5.81. The summed E-state index contributed by atoms with van der Waals surface area (Å²) in [7, 11) is 0. The summed E-state index contributed by atoms with van der Waals surface area (Å²) in [4.78, 5) is 9.36. The van der Waals surface area contributed by atoms with E-state index in [4.69, 9.17) is 5.73 Å². The van der Waals surface area contributed by atoms with Crippen molar-refractivity contribution in [1.82, 2.24) is 15.1 Å². The number of nitrogens with one attached hydrogen (secondary N) is 1. The predicted octanol–water partition coefficient (Wildman–Crippen LogP) is 1.12. The van der Waals surface area contributed by atoms with Crippen LogP contribution in [0.25, 0.3) is 0 Å². The van der Waals surface area contributed by atoms with Crippen molar-refractivity contribution in [2.75, 3.05) is 39.3 Å². The Bertz CT molecular complexity index is 449. The van der Waals surface area contributed by atoms with E-state index < -0.39 is 0 Å². The summed E-state index contributed by atoms with van der Waals surface area (Å²) in [5.74, 6) is 0.553. The molecular weight excluding hydrogens is 274 g/mol. The van der Waals surface area contributed by atoms with Crippen molar-refractivity contribution in [2.24, 2.45) is 10.7 Å². The van der Waals surface area contributed by atoms with Gasteiger partial charge >= 0.3 is 0 Å². The average Bonchev–Trinajstić information content (AvgIpc) is 2.49. The molecule has 1 aliphatic heterocycles. The molecule has 0 amide bonds. The fourth-order valence-electron chi connectivity index (χ4n) is 2.67. The summed E-state index contributed by atoms with van der Waals surface area (Å²) in [6, 6.07) is 11.0. The van der Waals surface area contributed by atoms with E-state index in [9.17, 15) is 0 Å². The van der Waals surface area contributed by atoms with E-state index in [2.05, 4.69) is 64.3 Å². The molecule has 0 saturated carbocycles. The number of nitrogens with two attached hydrogens (primary N) is 1. The van der Waals surface area contributed by atoms with Gasteiger partial charge < -0.3 is 11.1 Å². The molecular formula is C17H29N5. The van der Waals surface area contributed by atoms with E-state index in [1.807, 2.05) is 0 Å². The Labute approximate surface area is 134 Å². The van der Waals surface area contributed by atoms with Gasteiger partial charge in [-0.25, -0.2) is 0 Å². The van der Waals surface area contributed by atoms with Gasteiger partial charge in [0.05, 0.1) is 6.54 Å². The maximum absolute atomic E-state index is 5.81. The topological polar surface area (TPSA) is 56.9 Å². The number of rotatable bonds is 6. The summed E-state index contributed by atoms with van der Waals surface area (Å²) in [5, 5.41) is 3.12. The Morgan fingerprint density at radius 1 is 1.14 bits per heavy atom. The second kappa shape index (κ2) is 8.76. The first kappa shape index (κ1) is 16.8. The van der Waals surface area contributed by atoms with Gasteiger partial charge in [0.1, 0.15) is 0 Å². The fraction of sp³-hybridized carbons (Fsp3) is 0.588. The minimum atomic E-state index is 0.338. The molecule has 0 aromatic heterocycles. The number of hydrogen-bond acceptors (Lipinski definition) is 3. The number of piperazine rings is 1. The first-order valence-corrected chi connectivity index (χ1v) is 8.18. The van der Waals surface area contributed by atoms with Crippen LogP contribution in [0.5, 0.6) is 0 Å². The first-order valence-electron chi connectivity index (χ1n) is 8.18. The van der Waals surface area contributed by atoms with Crippen LogP contribution >= 0.6 is 0 Å². The molecule has 22 heavy (non-hydrogen) atoms. The zero-order valence-corrected chi connectivity index (χ0v) is 13.8. The highest BCUT2D eigenvalue weighted by atomic mass is 15.3. The first-order chi connectivity index (χ1) is 10.6. The SMILES string of the molecule is CC(C)NC(N)=NCCN1CCN(Cc2ccccc2)CC1. The van der Waals surface area contributed by atoms with Gasteiger partial charge in [-0.2, -0.15) is 0 Å². The molecule has 1 fully saturated rings. The van der Waals surface area contributed by atoms with Crippen LogP contribution in [0.15, 0.2) is 35.3 Å². The molecule has 1 heterocycles. The Hall–Kier alpha value is -1.59.